The smallest absolute Gasteiger partial charge is 0.234 e. The summed E-state index contributed by atoms with van der Waals surface area (Å²) in [6, 6.07) is 0. The van der Waals surface area contributed by atoms with Gasteiger partial charge in [-0.15, -0.1) is 0 Å². The summed E-state index contributed by atoms with van der Waals surface area (Å²) in [6.45, 7) is 6.05. The summed E-state index contributed by atoms with van der Waals surface area (Å²) in [7, 11) is 0. The van der Waals surface area contributed by atoms with Gasteiger partial charge in [-0.05, 0) is 25.9 Å². The predicted molar refractivity (Wildman–Crippen MR) is 69.5 cm³/mol. The van der Waals surface area contributed by atoms with Crippen LogP contribution in [0, 0.1) is 0 Å². The maximum absolute atomic E-state index is 11.7. The van der Waals surface area contributed by atoms with Crippen molar-refractivity contribution in [3.63, 3.8) is 0 Å². The standard InChI is InChI=1S/C12H25N3O3/c16-8-10-18-9-2-4-14-12(17)11-15-6-1-3-13-5-7-15/h13,16H,1-11H2,(H,14,17). The van der Waals surface area contributed by atoms with E-state index in [-0.39, 0.29) is 12.5 Å². The number of carbonyl (C=O) groups is 1. The van der Waals surface area contributed by atoms with Crippen molar-refractivity contribution in [1.82, 2.24) is 15.5 Å². The number of nitrogens with one attached hydrogen (secondary N) is 2. The van der Waals surface area contributed by atoms with E-state index >= 15 is 0 Å². The molecule has 1 fully saturated rings. The van der Waals surface area contributed by atoms with Crippen molar-refractivity contribution < 1.29 is 14.6 Å². The van der Waals surface area contributed by atoms with E-state index in [0.717, 1.165) is 39.0 Å². The molecular weight excluding hydrogens is 234 g/mol. The van der Waals surface area contributed by atoms with Crippen molar-refractivity contribution in [2.24, 2.45) is 0 Å². The number of rotatable bonds is 8. The fourth-order valence-corrected chi connectivity index (χ4v) is 1.89. The summed E-state index contributed by atoms with van der Waals surface area (Å²) in [4.78, 5) is 13.8. The first-order valence-corrected chi connectivity index (χ1v) is 6.71. The second kappa shape index (κ2) is 10.3. The van der Waals surface area contributed by atoms with Crippen LogP contribution < -0.4 is 10.6 Å². The van der Waals surface area contributed by atoms with Crippen LogP contribution in [0.25, 0.3) is 0 Å². The number of hydrogen-bond acceptors (Lipinski definition) is 5. The lowest BCUT2D eigenvalue weighted by Gasteiger charge is -2.18. The van der Waals surface area contributed by atoms with Gasteiger partial charge in [-0.2, -0.15) is 0 Å². The SMILES string of the molecule is O=C(CN1CCCNCC1)NCCCOCCO. The van der Waals surface area contributed by atoms with Gasteiger partial charge in [-0.25, -0.2) is 0 Å². The van der Waals surface area contributed by atoms with E-state index in [2.05, 4.69) is 15.5 Å². The van der Waals surface area contributed by atoms with Gasteiger partial charge in [0, 0.05) is 26.2 Å². The number of aliphatic hydroxyl groups is 1. The van der Waals surface area contributed by atoms with Crippen LogP contribution in [-0.2, 0) is 9.53 Å². The fraction of sp³-hybridized carbons (Fsp3) is 0.917. The van der Waals surface area contributed by atoms with Crippen molar-refractivity contribution in [3.8, 4) is 0 Å². The number of carbonyl (C=O) groups excluding carboxylic acids is 1. The molecule has 3 N–H and O–H groups in total. The summed E-state index contributed by atoms with van der Waals surface area (Å²) in [5.41, 5.74) is 0. The average Bonchev–Trinajstić information content (AvgIpc) is 2.62. The first-order valence-electron chi connectivity index (χ1n) is 6.71. The van der Waals surface area contributed by atoms with Gasteiger partial charge in [0.05, 0.1) is 19.8 Å². The second-order valence-electron chi connectivity index (χ2n) is 4.42. The molecule has 0 atom stereocenters. The zero-order valence-corrected chi connectivity index (χ0v) is 11.0. The maximum Gasteiger partial charge on any atom is 0.234 e. The molecule has 0 aliphatic carbocycles. The van der Waals surface area contributed by atoms with E-state index in [0.29, 0.717) is 26.3 Å². The minimum atomic E-state index is 0.0509. The van der Waals surface area contributed by atoms with Gasteiger partial charge < -0.3 is 20.5 Å². The minimum absolute atomic E-state index is 0.0509. The Morgan fingerprint density at radius 2 is 2.22 bits per heavy atom. The summed E-state index contributed by atoms with van der Waals surface area (Å²) in [6.07, 6.45) is 1.88. The van der Waals surface area contributed by atoms with Crippen molar-refractivity contribution in [1.29, 1.82) is 0 Å². The van der Waals surface area contributed by atoms with Crippen LogP contribution >= 0.6 is 0 Å². The Morgan fingerprint density at radius 1 is 1.33 bits per heavy atom. The molecule has 6 nitrogen and oxygen atoms in total. The molecule has 1 heterocycles. The first-order chi connectivity index (χ1) is 8.83. The summed E-state index contributed by atoms with van der Waals surface area (Å²) >= 11 is 0. The molecule has 0 spiro atoms. The van der Waals surface area contributed by atoms with Crippen LogP contribution in [0.1, 0.15) is 12.8 Å². The molecule has 0 saturated carbocycles. The average molecular weight is 259 g/mol. The van der Waals surface area contributed by atoms with E-state index < -0.39 is 0 Å². The highest BCUT2D eigenvalue weighted by Gasteiger charge is 2.11. The molecule has 0 aromatic rings. The summed E-state index contributed by atoms with van der Waals surface area (Å²) in [5, 5.41) is 14.7. The quantitative estimate of drug-likeness (QED) is 0.477. The second-order valence-corrected chi connectivity index (χ2v) is 4.42. The van der Waals surface area contributed by atoms with E-state index in [9.17, 15) is 4.79 Å². The summed E-state index contributed by atoms with van der Waals surface area (Å²) < 4.78 is 5.11. The molecule has 1 saturated heterocycles. The van der Waals surface area contributed by atoms with Gasteiger partial charge in [0.15, 0.2) is 0 Å². The molecule has 1 aliphatic heterocycles. The Bertz CT molecular complexity index is 219. The molecule has 0 aromatic carbocycles. The topological polar surface area (TPSA) is 73.8 Å². The Kier molecular flexibility index (Phi) is 8.75. The van der Waals surface area contributed by atoms with Crippen LogP contribution in [0.2, 0.25) is 0 Å². The third-order valence-corrected chi connectivity index (χ3v) is 2.82. The maximum atomic E-state index is 11.7. The number of aliphatic hydroxyl groups excluding tert-OH is 1. The highest BCUT2D eigenvalue weighted by atomic mass is 16.5. The van der Waals surface area contributed by atoms with E-state index in [4.69, 9.17) is 9.84 Å². The Hall–Kier alpha value is -0.690. The largest absolute Gasteiger partial charge is 0.394 e. The van der Waals surface area contributed by atoms with Gasteiger partial charge in [-0.3, -0.25) is 9.69 Å². The van der Waals surface area contributed by atoms with E-state index in [1.54, 1.807) is 0 Å². The molecule has 6 heteroatoms. The van der Waals surface area contributed by atoms with Crippen molar-refractivity contribution >= 4 is 5.91 Å². The first kappa shape index (κ1) is 15.4. The third kappa shape index (κ3) is 7.60. The van der Waals surface area contributed by atoms with Gasteiger partial charge in [0.2, 0.25) is 5.91 Å². The molecule has 1 rings (SSSR count). The van der Waals surface area contributed by atoms with E-state index in [1.165, 1.54) is 0 Å². The molecule has 0 bridgehead atoms. The van der Waals surface area contributed by atoms with Crippen LogP contribution in [0.4, 0.5) is 0 Å². The molecule has 1 amide bonds. The fourth-order valence-electron chi connectivity index (χ4n) is 1.89. The monoisotopic (exact) mass is 259 g/mol. The van der Waals surface area contributed by atoms with Crippen molar-refractivity contribution in [3.05, 3.63) is 0 Å². The summed E-state index contributed by atoms with van der Waals surface area (Å²) in [5.74, 6) is 0.0825. The Balaban J connectivity index is 1.98. The van der Waals surface area contributed by atoms with Gasteiger partial charge >= 0.3 is 0 Å². The number of ether oxygens (including phenoxy) is 1. The highest BCUT2D eigenvalue weighted by Crippen LogP contribution is 1.94. The van der Waals surface area contributed by atoms with Crippen LogP contribution in [0.5, 0.6) is 0 Å². The van der Waals surface area contributed by atoms with Crippen LogP contribution in [-0.4, -0.2) is 75.0 Å². The lowest BCUT2D eigenvalue weighted by molar-refractivity contribution is -0.122. The minimum Gasteiger partial charge on any atom is -0.394 e. The Labute approximate surface area is 109 Å². The molecular formula is C12H25N3O3. The lowest BCUT2D eigenvalue weighted by Crippen LogP contribution is -2.39. The Morgan fingerprint density at radius 3 is 3.06 bits per heavy atom. The molecule has 106 valence electrons. The highest BCUT2D eigenvalue weighted by molar-refractivity contribution is 5.77. The number of hydrogen-bond donors (Lipinski definition) is 3. The molecule has 1 aliphatic rings. The number of amides is 1. The van der Waals surface area contributed by atoms with Crippen molar-refractivity contribution in [2.75, 3.05) is 59.1 Å². The molecule has 0 unspecified atom stereocenters. The van der Waals surface area contributed by atoms with Crippen LogP contribution in [0.15, 0.2) is 0 Å². The normalized spacial score (nSPS) is 17.4. The number of nitrogens with zero attached hydrogens (tertiary/aromatic N) is 1. The lowest BCUT2D eigenvalue weighted by atomic mass is 10.3. The molecule has 0 aromatic heterocycles. The zero-order valence-electron chi connectivity index (χ0n) is 11.0. The zero-order chi connectivity index (χ0) is 13.1. The molecule has 0 radical (unpaired) electrons. The van der Waals surface area contributed by atoms with Gasteiger partial charge in [-0.1, -0.05) is 0 Å². The predicted octanol–water partition coefficient (Wildman–Crippen LogP) is -1.20. The van der Waals surface area contributed by atoms with Gasteiger partial charge in [0.25, 0.3) is 0 Å². The van der Waals surface area contributed by atoms with Crippen LogP contribution in [0.3, 0.4) is 0 Å². The van der Waals surface area contributed by atoms with Crippen molar-refractivity contribution in [2.45, 2.75) is 12.8 Å². The molecule has 18 heavy (non-hydrogen) atoms. The van der Waals surface area contributed by atoms with Gasteiger partial charge in [0.1, 0.15) is 0 Å². The third-order valence-electron chi connectivity index (χ3n) is 2.82. The van der Waals surface area contributed by atoms with E-state index in [1.807, 2.05) is 0 Å².